The molecule has 0 bridgehead atoms. The summed E-state index contributed by atoms with van der Waals surface area (Å²) in [6.07, 6.45) is 0. The summed E-state index contributed by atoms with van der Waals surface area (Å²) in [6.45, 7) is 4.77. The lowest BCUT2D eigenvalue weighted by Gasteiger charge is -2.29. The number of fused-ring (bicyclic) bond motifs is 10. The zero-order chi connectivity index (χ0) is 43.9. The molecule has 0 spiro atoms. The van der Waals surface area contributed by atoms with Crippen LogP contribution in [-0.2, 0) is 5.41 Å². The van der Waals surface area contributed by atoms with Crippen molar-refractivity contribution in [1.29, 1.82) is 0 Å². The number of anilines is 3. The maximum atomic E-state index is 6.61. The van der Waals surface area contributed by atoms with E-state index in [0.717, 1.165) is 66.8 Å². The molecule has 3 nitrogen and oxygen atoms in total. The zero-order valence-corrected chi connectivity index (χ0v) is 36.7. The van der Waals surface area contributed by atoms with Crippen molar-refractivity contribution in [1.82, 2.24) is 4.57 Å². The summed E-state index contributed by atoms with van der Waals surface area (Å²) >= 11 is 0. The van der Waals surface area contributed by atoms with E-state index in [4.69, 9.17) is 4.42 Å². The molecule has 12 aromatic rings. The number of nitrogens with zero attached hydrogens (tertiary/aromatic N) is 2. The van der Waals surface area contributed by atoms with Crippen LogP contribution in [0.3, 0.4) is 0 Å². The first-order chi connectivity index (χ1) is 32.5. The molecule has 1 aliphatic rings. The van der Waals surface area contributed by atoms with Gasteiger partial charge in [-0.15, -0.1) is 0 Å². The maximum Gasteiger partial charge on any atom is 0.160 e. The van der Waals surface area contributed by atoms with E-state index in [0.29, 0.717) is 0 Å². The molecular formula is C63H44N2O. The molecule has 2 aromatic heterocycles. The van der Waals surface area contributed by atoms with E-state index < -0.39 is 0 Å². The number of furan rings is 1. The molecule has 0 aliphatic heterocycles. The topological polar surface area (TPSA) is 21.3 Å². The van der Waals surface area contributed by atoms with Crippen molar-refractivity contribution >= 4 is 60.8 Å². The summed E-state index contributed by atoms with van der Waals surface area (Å²) in [7, 11) is 0. The van der Waals surface area contributed by atoms with E-state index in [1.807, 2.05) is 6.07 Å². The van der Waals surface area contributed by atoms with E-state index in [1.54, 1.807) is 0 Å². The number of hydrogen-bond acceptors (Lipinski definition) is 2. The molecule has 10 aromatic carbocycles. The van der Waals surface area contributed by atoms with Gasteiger partial charge >= 0.3 is 0 Å². The van der Waals surface area contributed by atoms with Crippen molar-refractivity contribution in [3.05, 3.63) is 242 Å². The lowest BCUT2D eigenvalue weighted by atomic mass is 9.78. The van der Waals surface area contributed by atoms with Gasteiger partial charge in [-0.2, -0.15) is 0 Å². The quantitative estimate of drug-likeness (QED) is 0.159. The molecule has 3 heteroatoms. The van der Waals surface area contributed by atoms with E-state index in [9.17, 15) is 0 Å². The van der Waals surface area contributed by atoms with Gasteiger partial charge in [-0.25, -0.2) is 0 Å². The standard InChI is InChI=1S/C63H44N2O/c1-63(2)57-40-49(36-37-51(57)54-21-13-20-50(60(54)63)45-16-7-4-8-17-45)64(46-30-24-42(25-31-46)41-14-5-3-6-15-41)47-32-26-43(27-33-47)44-28-34-48(35-29-44)65-58-22-11-9-18-52(58)55-38-39-56-53-19-10-12-23-59(53)66-62(56)61(55)65/h3-40H,1-2H3. The SMILES string of the molecule is CC1(C)c2cc(N(c3ccc(-c4ccccc4)cc3)c3ccc(-c4ccc(-n5c6ccccc6c6ccc7c8ccccc8oc7c65)cc4)cc3)ccc2-c2cccc(-c3ccccc3)c21. The molecule has 66 heavy (non-hydrogen) atoms. The van der Waals surface area contributed by atoms with Gasteiger partial charge in [0.25, 0.3) is 0 Å². The Kier molecular flexibility index (Phi) is 8.56. The third-order valence-electron chi connectivity index (χ3n) is 14.0. The van der Waals surface area contributed by atoms with Gasteiger partial charge < -0.3 is 13.9 Å². The number of aromatic nitrogens is 1. The molecule has 0 saturated heterocycles. The van der Waals surface area contributed by atoms with Crippen molar-refractivity contribution in [2.75, 3.05) is 4.90 Å². The zero-order valence-electron chi connectivity index (χ0n) is 36.7. The average Bonchev–Trinajstić information content (AvgIpc) is 4.00. The van der Waals surface area contributed by atoms with Crippen LogP contribution in [0.2, 0.25) is 0 Å². The highest BCUT2D eigenvalue weighted by molar-refractivity contribution is 6.21. The molecule has 0 radical (unpaired) electrons. The van der Waals surface area contributed by atoms with Gasteiger partial charge in [-0.05, 0) is 122 Å². The summed E-state index contributed by atoms with van der Waals surface area (Å²) in [5.74, 6) is 0. The summed E-state index contributed by atoms with van der Waals surface area (Å²) < 4.78 is 8.98. The van der Waals surface area contributed by atoms with Gasteiger partial charge in [0.2, 0.25) is 0 Å². The molecule has 1 aliphatic carbocycles. The second-order valence-corrected chi connectivity index (χ2v) is 18.1. The Balaban J connectivity index is 0.888. The largest absolute Gasteiger partial charge is 0.454 e. The van der Waals surface area contributed by atoms with Crippen molar-refractivity contribution in [2.45, 2.75) is 19.3 Å². The molecular weight excluding hydrogens is 801 g/mol. The number of hydrogen-bond donors (Lipinski definition) is 0. The molecule has 0 amide bonds. The molecule has 0 N–H and O–H groups in total. The highest BCUT2D eigenvalue weighted by atomic mass is 16.3. The molecule has 0 unspecified atom stereocenters. The highest BCUT2D eigenvalue weighted by Crippen LogP contribution is 2.54. The summed E-state index contributed by atoms with van der Waals surface area (Å²) in [6, 6.07) is 83.7. The first-order valence-electron chi connectivity index (χ1n) is 22.8. The Morgan fingerprint density at radius 1 is 0.394 bits per heavy atom. The van der Waals surface area contributed by atoms with Gasteiger partial charge in [-0.3, -0.25) is 0 Å². The van der Waals surface area contributed by atoms with Crippen molar-refractivity contribution in [3.8, 4) is 50.2 Å². The molecule has 13 rings (SSSR count). The second kappa shape index (κ2) is 14.8. The molecule has 0 saturated carbocycles. The monoisotopic (exact) mass is 844 g/mol. The number of para-hydroxylation sites is 2. The summed E-state index contributed by atoms with van der Waals surface area (Å²) in [5.41, 5.74) is 20.9. The Bertz CT molecular complexity index is 3800. The van der Waals surface area contributed by atoms with Crippen LogP contribution in [0.15, 0.2) is 235 Å². The number of benzene rings is 10. The minimum absolute atomic E-state index is 0.205. The molecule has 0 atom stereocenters. The lowest BCUT2D eigenvalue weighted by Crippen LogP contribution is -2.17. The second-order valence-electron chi connectivity index (χ2n) is 18.1. The summed E-state index contributed by atoms with van der Waals surface area (Å²) in [4.78, 5) is 2.40. The highest BCUT2D eigenvalue weighted by Gasteiger charge is 2.38. The van der Waals surface area contributed by atoms with Gasteiger partial charge in [0, 0.05) is 49.7 Å². The first-order valence-corrected chi connectivity index (χ1v) is 22.8. The third kappa shape index (κ3) is 5.90. The van der Waals surface area contributed by atoms with Crippen LogP contribution in [0.4, 0.5) is 17.1 Å². The van der Waals surface area contributed by atoms with Gasteiger partial charge in [0.05, 0.1) is 11.0 Å². The third-order valence-corrected chi connectivity index (χ3v) is 14.0. The van der Waals surface area contributed by atoms with Gasteiger partial charge in [-0.1, -0.05) is 178 Å². The minimum Gasteiger partial charge on any atom is -0.454 e. The first kappa shape index (κ1) is 38.1. The van der Waals surface area contributed by atoms with E-state index in [2.05, 4.69) is 248 Å². The average molecular weight is 845 g/mol. The van der Waals surface area contributed by atoms with Crippen LogP contribution in [0.25, 0.3) is 93.9 Å². The van der Waals surface area contributed by atoms with Gasteiger partial charge in [0.15, 0.2) is 5.58 Å². The van der Waals surface area contributed by atoms with Gasteiger partial charge in [0.1, 0.15) is 5.58 Å². The Morgan fingerprint density at radius 2 is 0.939 bits per heavy atom. The van der Waals surface area contributed by atoms with Crippen molar-refractivity contribution in [2.24, 2.45) is 0 Å². The van der Waals surface area contributed by atoms with Crippen LogP contribution in [0.1, 0.15) is 25.0 Å². The van der Waals surface area contributed by atoms with Crippen molar-refractivity contribution in [3.63, 3.8) is 0 Å². The minimum atomic E-state index is -0.205. The number of rotatable bonds is 7. The smallest absolute Gasteiger partial charge is 0.160 e. The predicted molar refractivity (Wildman–Crippen MR) is 277 cm³/mol. The van der Waals surface area contributed by atoms with E-state index >= 15 is 0 Å². The molecule has 2 heterocycles. The fraction of sp³-hybridized carbons (Fsp3) is 0.0476. The molecule has 312 valence electrons. The van der Waals surface area contributed by atoms with Crippen LogP contribution in [0, 0.1) is 0 Å². The van der Waals surface area contributed by atoms with Crippen LogP contribution in [-0.4, -0.2) is 4.57 Å². The Morgan fingerprint density at radius 3 is 1.64 bits per heavy atom. The lowest BCUT2D eigenvalue weighted by molar-refractivity contribution is 0.662. The normalized spacial score (nSPS) is 12.8. The van der Waals surface area contributed by atoms with E-state index in [-0.39, 0.29) is 5.41 Å². The van der Waals surface area contributed by atoms with E-state index in [1.165, 1.54) is 55.3 Å². The van der Waals surface area contributed by atoms with Crippen molar-refractivity contribution < 1.29 is 4.42 Å². The van der Waals surface area contributed by atoms with Crippen LogP contribution in [0.5, 0.6) is 0 Å². The summed E-state index contributed by atoms with van der Waals surface area (Å²) in [5, 5.41) is 4.66. The maximum absolute atomic E-state index is 6.61. The fourth-order valence-corrected chi connectivity index (χ4v) is 10.9. The molecule has 0 fully saturated rings. The Labute approximate surface area is 384 Å². The Hall–Kier alpha value is -8.40. The predicted octanol–water partition coefficient (Wildman–Crippen LogP) is 17.5. The fourth-order valence-electron chi connectivity index (χ4n) is 10.9. The van der Waals surface area contributed by atoms with Crippen LogP contribution < -0.4 is 4.90 Å². The van der Waals surface area contributed by atoms with Crippen LogP contribution >= 0.6 is 0 Å².